The first-order chi connectivity index (χ1) is 13.5. The lowest BCUT2D eigenvalue weighted by molar-refractivity contribution is 0.0732. The van der Waals surface area contributed by atoms with Crippen LogP contribution in [-0.4, -0.2) is 22.9 Å². The molecule has 2 heterocycles. The third kappa shape index (κ3) is 3.17. The Morgan fingerprint density at radius 3 is 2.54 bits per heavy atom. The summed E-state index contributed by atoms with van der Waals surface area (Å²) in [5.41, 5.74) is 9.31. The number of carbonyl (C=O) groups excluding carboxylic acids is 1. The fourth-order valence-electron chi connectivity index (χ4n) is 3.51. The molecule has 2 aromatic carbocycles. The Kier molecular flexibility index (Phi) is 4.87. The van der Waals surface area contributed by atoms with Crippen LogP contribution in [0.4, 0.5) is 5.69 Å². The van der Waals surface area contributed by atoms with Gasteiger partial charge in [0.2, 0.25) is 0 Å². The van der Waals surface area contributed by atoms with E-state index in [4.69, 9.17) is 33.7 Å². The molecular formula is C21H17Cl2N3O2. The number of hydrogen-bond donors (Lipinski definition) is 1. The Hall–Kier alpha value is -2.76. The summed E-state index contributed by atoms with van der Waals surface area (Å²) in [6, 6.07) is 16.1. The van der Waals surface area contributed by atoms with Crippen molar-refractivity contribution in [2.75, 3.05) is 12.8 Å². The van der Waals surface area contributed by atoms with Crippen molar-refractivity contribution in [3.63, 3.8) is 0 Å². The van der Waals surface area contributed by atoms with Gasteiger partial charge in [0.25, 0.3) is 5.91 Å². The molecule has 4 rings (SSSR count). The molecule has 5 nitrogen and oxygen atoms in total. The van der Waals surface area contributed by atoms with Crippen molar-refractivity contribution < 1.29 is 9.53 Å². The number of carbonyl (C=O) groups is 1. The SMILES string of the molecule is COc1ccc(CN2C(=O)c3nc(Cl)cc(N)c3C2c2ccccc2Cl)cc1. The summed E-state index contributed by atoms with van der Waals surface area (Å²) in [4.78, 5) is 19.2. The predicted octanol–water partition coefficient (Wildman–Crippen LogP) is 4.72. The van der Waals surface area contributed by atoms with E-state index in [-0.39, 0.29) is 16.8 Å². The Morgan fingerprint density at radius 2 is 1.86 bits per heavy atom. The fourth-order valence-corrected chi connectivity index (χ4v) is 3.95. The first-order valence-electron chi connectivity index (χ1n) is 8.64. The maximum Gasteiger partial charge on any atom is 0.274 e. The summed E-state index contributed by atoms with van der Waals surface area (Å²) in [6.45, 7) is 0.367. The summed E-state index contributed by atoms with van der Waals surface area (Å²) >= 11 is 12.5. The highest BCUT2D eigenvalue weighted by Gasteiger charge is 2.41. The summed E-state index contributed by atoms with van der Waals surface area (Å²) in [6.07, 6.45) is 0. The first kappa shape index (κ1) is 18.6. The number of nitrogen functional groups attached to an aromatic ring is 1. The molecular weight excluding hydrogens is 397 g/mol. The van der Waals surface area contributed by atoms with Gasteiger partial charge in [0.05, 0.1) is 13.2 Å². The zero-order valence-corrected chi connectivity index (χ0v) is 16.5. The molecule has 1 aliphatic heterocycles. The van der Waals surface area contributed by atoms with E-state index in [2.05, 4.69) is 4.98 Å². The number of methoxy groups -OCH3 is 1. The van der Waals surface area contributed by atoms with Gasteiger partial charge in [0.1, 0.15) is 16.6 Å². The number of rotatable bonds is 4. The molecule has 1 amide bonds. The number of anilines is 1. The van der Waals surface area contributed by atoms with Crippen molar-refractivity contribution in [1.82, 2.24) is 9.88 Å². The minimum atomic E-state index is -0.442. The van der Waals surface area contributed by atoms with Gasteiger partial charge in [-0.2, -0.15) is 0 Å². The summed E-state index contributed by atoms with van der Waals surface area (Å²) < 4.78 is 5.21. The second kappa shape index (κ2) is 7.34. The van der Waals surface area contributed by atoms with Gasteiger partial charge >= 0.3 is 0 Å². The maximum atomic E-state index is 13.2. The molecule has 0 saturated heterocycles. The summed E-state index contributed by atoms with van der Waals surface area (Å²) in [5, 5.41) is 0.746. The van der Waals surface area contributed by atoms with Gasteiger partial charge in [-0.05, 0) is 35.4 Å². The van der Waals surface area contributed by atoms with Crippen molar-refractivity contribution in [2.45, 2.75) is 12.6 Å². The zero-order valence-electron chi connectivity index (χ0n) is 15.0. The molecule has 0 bridgehead atoms. The average Bonchev–Trinajstić information content (AvgIpc) is 2.95. The van der Waals surface area contributed by atoms with E-state index in [0.717, 1.165) is 16.9 Å². The Labute approximate surface area is 172 Å². The molecule has 1 unspecified atom stereocenters. The third-order valence-electron chi connectivity index (χ3n) is 4.82. The highest BCUT2D eigenvalue weighted by Crippen LogP contribution is 2.44. The van der Waals surface area contributed by atoms with Gasteiger partial charge in [-0.25, -0.2) is 4.98 Å². The van der Waals surface area contributed by atoms with Gasteiger partial charge in [-0.15, -0.1) is 0 Å². The van der Waals surface area contributed by atoms with E-state index in [9.17, 15) is 4.79 Å². The molecule has 0 spiro atoms. The molecule has 0 aliphatic carbocycles. The van der Waals surface area contributed by atoms with Gasteiger partial charge in [0, 0.05) is 22.8 Å². The third-order valence-corrected chi connectivity index (χ3v) is 5.36. The highest BCUT2D eigenvalue weighted by molar-refractivity contribution is 6.31. The van der Waals surface area contributed by atoms with Crippen molar-refractivity contribution in [3.05, 3.63) is 87.2 Å². The van der Waals surface area contributed by atoms with Crippen LogP contribution >= 0.6 is 23.2 Å². The molecule has 142 valence electrons. The second-order valence-electron chi connectivity index (χ2n) is 6.50. The second-order valence-corrected chi connectivity index (χ2v) is 7.30. The van der Waals surface area contributed by atoms with E-state index in [1.54, 1.807) is 24.1 Å². The van der Waals surface area contributed by atoms with Crippen LogP contribution in [0, 0.1) is 0 Å². The van der Waals surface area contributed by atoms with Crippen LogP contribution in [0.2, 0.25) is 10.2 Å². The molecule has 2 N–H and O–H groups in total. The standard InChI is InChI=1S/C21H17Cl2N3O2/c1-28-13-8-6-12(7-9-13)11-26-20(14-4-2-3-5-15(14)22)18-16(24)10-17(23)25-19(18)21(26)27/h2-10,20H,11H2,1H3,(H2,24,25). The van der Waals surface area contributed by atoms with Crippen molar-refractivity contribution in [3.8, 4) is 5.75 Å². The van der Waals surface area contributed by atoms with Crippen LogP contribution in [0.3, 0.4) is 0 Å². The topological polar surface area (TPSA) is 68.5 Å². The summed E-state index contributed by atoms with van der Waals surface area (Å²) in [5.74, 6) is 0.519. The van der Waals surface area contributed by atoms with Gasteiger partial charge in [-0.1, -0.05) is 53.5 Å². The molecule has 28 heavy (non-hydrogen) atoms. The lowest BCUT2D eigenvalue weighted by atomic mass is 9.98. The predicted molar refractivity (Wildman–Crippen MR) is 110 cm³/mol. The van der Waals surface area contributed by atoms with Crippen LogP contribution < -0.4 is 10.5 Å². The van der Waals surface area contributed by atoms with Gasteiger partial charge < -0.3 is 15.4 Å². The number of pyridine rings is 1. The van der Waals surface area contributed by atoms with E-state index < -0.39 is 6.04 Å². The zero-order chi connectivity index (χ0) is 19.8. The first-order valence-corrected chi connectivity index (χ1v) is 9.39. The van der Waals surface area contributed by atoms with Gasteiger partial charge in [-0.3, -0.25) is 4.79 Å². The van der Waals surface area contributed by atoms with Crippen molar-refractivity contribution in [2.24, 2.45) is 0 Å². The number of benzene rings is 2. The minimum absolute atomic E-state index is 0.189. The normalized spacial score (nSPS) is 15.6. The Bertz CT molecular complexity index is 1050. The Balaban J connectivity index is 1.82. The van der Waals surface area contributed by atoms with Crippen LogP contribution in [0.5, 0.6) is 5.75 Å². The van der Waals surface area contributed by atoms with Crippen LogP contribution in [0.15, 0.2) is 54.6 Å². The van der Waals surface area contributed by atoms with E-state index >= 15 is 0 Å². The quantitative estimate of drug-likeness (QED) is 0.627. The number of nitrogens with two attached hydrogens (primary N) is 1. The van der Waals surface area contributed by atoms with E-state index in [1.165, 1.54) is 0 Å². The maximum absolute atomic E-state index is 13.2. The number of fused-ring (bicyclic) bond motifs is 1. The van der Waals surface area contributed by atoms with Crippen LogP contribution in [-0.2, 0) is 6.54 Å². The average molecular weight is 414 g/mol. The molecule has 0 fully saturated rings. The number of nitrogens with zero attached hydrogens (tertiary/aromatic N) is 2. The molecule has 1 aromatic heterocycles. The van der Waals surface area contributed by atoms with Crippen LogP contribution in [0.1, 0.15) is 33.2 Å². The molecule has 3 aromatic rings. The fraction of sp³-hybridized carbons (Fsp3) is 0.143. The smallest absolute Gasteiger partial charge is 0.274 e. The summed E-state index contributed by atoms with van der Waals surface area (Å²) in [7, 11) is 1.61. The number of aromatic nitrogens is 1. The molecule has 1 atom stereocenters. The largest absolute Gasteiger partial charge is 0.497 e. The van der Waals surface area contributed by atoms with Gasteiger partial charge in [0.15, 0.2) is 0 Å². The van der Waals surface area contributed by atoms with E-state index in [0.29, 0.717) is 22.8 Å². The lowest BCUT2D eigenvalue weighted by Crippen LogP contribution is -2.28. The van der Waals surface area contributed by atoms with Crippen molar-refractivity contribution in [1.29, 1.82) is 0 Å². The lowest BCUT2D eigenvalue weighted by Gasteiger charge is -2.27. The van der Waals surface area contributed by atoms with Crippen LogP contribution in [0.25, 0.3) is 0 Å². The minimum Gasteiger partial charge on any atom is -0.497 e. The number of amides is 1. The molecule has 1 aliphatic rings. The van der Waals surface area contributed by atoms with E-state index in [1.807, 2.05) is 42.5 Å². The number of ether oxygens (including phenoxy) is 1. The molecule has 0 radical (unpaired) electrons. The highest BCUT2D eigenvalue weighted by atomic mass is 35.5. The number of halogens is 2. The monoisotopic (exact) mass is 413 g/mol. The molecule has 7 heteroatoms. The number of hydrogen-bond acceptors (Lipinski definition) is 4. The van der Waals surface area contributed by atoms with Crippen molar-refractivity contribution >= 4 is 34.8 Å². The molecule has 0 saturated carbocycles. The Morgan fingerprint density at radius 1 is 1.14 bits per heavy atom.